The van der Waals surface area contributed by atoms with Gasteiger partial charge >= 0.3 is 0 Å². The van der Waals surface area contributed by atoms with Gasteiger partial charge in [0.2, 0.25) is 24.1 Å². The van der Waals surface area contributed by atoms with Gasteiger partial charge in [0.05, 0.1) is 0 Å². The number of halogens is 1. The molecule has 0 aliphatic carbocycles. The summed E-state index contributed by atoms with van der Waals surface area (Å²) >= 11 is 1.54. The summed E-state index contributed by atoms with van der Waals surface area (Å²) in [4.78, 5) is 50.5. The highest BCUT2D eigenvalue weighted by Crippen LogP contribution is 2.10. The predicted octanol–water partition coefficient (Wildman–Crippen LogP) is 2.57. The molecule has 0 aromatic heterocycles. The van der Waals surface area contributed by atoms with Crippen molar-refractivity contribution in [2.24, 2.45) is 5.92 Å². The van der Waals surface area contributed by atoms with Crippen molar-refractivity contribution in [3.8, 4) is 0 Å². The highest BCUT2D eigenvalue weighted by atomic mass is 32.2. The third kappa shape index (κ3) is 10.5. The van der Waals surface area contributed by atoms with Crippen molar-refractivity contribution in [3.05, 3.63) is 71.5 Å². The Morgan fingerprint density at radius 3 is 2.16 bits per heavy atom. The summed E-state index contributed by atoms with van der Waals surface area (Å²) in [6.45, 7) is 3.81. The smallest absolute Gasteiger partial charge is 0.243 e. The first-order chi connectivity index (χ1) is 18.2. The van der Waals surface area contributed by atoms with Crippen LogP contribution in [0.2, 0.25) is 0 Å². The van der Waals surface area contributed by atoms with E-state index < -0.39 is 41.7 Å². The van der Waals surface area contributed by atoms with Crippen molar-refractivity contribution in [2.45, 2.75) is 57.8 Å². The van der Waals surface area contributed by atoms with Crippen LogP contribution >= 0.6 is 11.8 Å². The number of benzene rings is 2. The molecule has 0 spiro atoms. The van der Waals surface area contributed by atoms with Gasteiger partial charge in [-0.25, -0.2) is 4.39 Å². The molecule has 3 atom stereocenters. The van der Waals surface area contributed by atoms with Crippen LogP contribution in [0.25, 0.3) is 0 Å². The molecule has 2 rings (SSSR count). The maximum Gasteiger partial charge on any atom is 0.243 e. The first-order valence-electron chi connectivity index (χ1n) is 12.6. The zero-order valence-corrected chi connectivity index (χ0v) is 22.9. The Bertz CT molecular complexity index is 1050. The summed E-state index contributed by atoms with van der Waals surface area (Å²) in [6.07, 6.45) is 3.33. The van der Waals surface area contributed by atoms with Crippen LogP contribution in [0.3, 0.4) is 0 Å². The first-order valence-corrected chi connectivity index (χ1v) is 14.0. The molecule has 0 aliphatic heterocycles. The van der Waals surface area contributed by atoms with E-state index in [1.807, 2.05) is 50.4 Å². The van der Waals surface area contributed by atoms with Gasteiger partial charge in [-0.1, -0.05) is 62.4 Å². The van der Waals surface area contributed by atoms with Crippen molar-refractivity contribution in [1.82, 2.24) is 21.3 Å². The van der Waals surface area contributed by atoms with Crippen LogP contribution in [0.15, 0.2) is 54.6 Å². The van der Waals surface area contributed by atoms with Gasteiger partial charge in [-0.3, -0.25) is 19.2 Å². The van der Waals surface area contributed by atoms with Gasteiger partial charge in [-0.2, -0.15) is 11.8 Å². The normalized spacial score (nSPS) is 13.2. The molecular weight excluding hydrogens is 507 g/mol. The molecule has 0 bridgehead atoms. The molecule has 2 aromatic carbocycles. The standard InChI is InChI=1S/C28H37FN4O4S/c1-19(2)15-24(32-27(36)23(31-18-34)13-14-38-3)28(37)33-25(16-20-9-5-4-6-10-20)26(35)30-17-21-11-7-8-12-22(21)29/h4-12,18-19,23-25H,13-17H2,1-3H3,(H,30,35)(H,31,34)(H,32,36)(H,33,37)/t23-,24-,25+/m0/s1. The van der Waals surface area contributed by atoms with Crippen LogP contribution in [0, 0.1) is 11.7 Å². The molecule has 0 unspecified atom stereocenters. The van der Waals surface area contributed by atoms with Crippen LogP contribution in [-0.2, 0) is 32.1 Å². The fourth-order valence-electron chi connectivity index (χ4n) is 3.86. The Balaban J connectivity index is 2.19. The molecule has 0 saturated carbocycles. The van der Waals surface area contributed by atoms with Crippen molar-refractivity contribution in [1.29, 1.82) is 0 Å². The van der Waals surface area contributed by atoms with E-state index >= 15 is 0 Å². The van der Waals surface area contributed by atoms with Crippen molar-refractivity contribution in [2.75, 3.05) is 12.0 Å². The van der Waals surface area contributed by atoms with Crippen LogP contribution in [0.1, 0.15) is 37.8 Å². The molecule has 0 heterocycles. The lowest BCUT2D eigenvalue weighted by Gasteiger charge is -2.26. The molecule has 0 fully saturated rings. The van der Waals surface area contributed by atoms with Crippen LogP contribution in [0.5, 0.6) is 0 Å². The maximum atomic E-state index is 14.1. The minimum Gasteiger partial charge on any atom is -0.350 e. The molecule has 0 radical (unpaired) electrons. The fourth-order valence-corrected chi connectivity index (χ4v) is 4.33. The van der Waals surface area contributed by atoms with Crippen molar-refractivity contribution in [3.63, 3.8) is 0 Å². The van der Waals surface area contributed by atoms with Gasteiger partial charge in [-0.05, 0) is 42.4 Å². The number of carbonyl (C=O) groups is 4. The van der Waals surface area contributed by atoms with E-state index in [2.05, 4.69) is 21.3 Å². The summed E-state index contributed by atoms with van der Waals surface area (Å²) in [5, 5.41) is 10.8. The SMILES string of the molecule is CSCC[C@H](NC=O)C(=O)N[C@@H](CC(C)C)C(=O)N[C@H](Cc1ccccc1)C(=O)NCc1ccccc1F. The number of nitrogens with one attached hydrogen (secondary N) is 4. The monoisotopic (exact) mass is 544 g/mol. The number of amides is 4. The van der Waals surface area contributed by atoms with Gasteiger partial charge in [0.25, 0.3) is 0 Å². The van der Waals surface area contributed by atoms with Crippen molar-refractivity contribution >= 4 is 35.9 Å². The maximum absolute atomic E-state index is 14.1. The topological polar surface area (TPSA) is 116 Å². The van der Waals surface area contributed by atoms with E-state index in [0.717, 1.165) is 5.56 Å². The van der Waals surface area contributed by atoms with E-state index in [1.54, 1.807) is 30.0 Å². The summed E-state index contributed by atoms with van der Waals surface area (Å²) in [6, 6.07) is 12.7. The Kier molecular flexibility index (Phi) is 13.3. The van der Waals surface area contributed by atoms with E-state index in [1.165, 1.54) is 6.07 Å². The largest absolute Gasteiger partial charge is 0.350 e. The molecule has 10 heteroatoms. The Labute approximate surface area is 227 Å². The lowest BCUT2D eigenvalue weighted by Crippen LogP contribution is -2.57. The second-order valence-electron chi connectivity index (χ2n) is 9.37. The molecule has 206 valence electrons. The predicted molar refractivity (Wildman–Crippen MR) is 148 cm³/mol. The molecule has 4 amide bonds. The van der Waals surface area contributed by atoms with Gasteiger partial charge in [-0.15, -0.1) is 0 Å². The second kappa shape index (κ2) is 16.4. The Morgan fingerprint density at radius 2 is 1.53 bits per heavy atom. The van der Waals surface area contributed by atoms with Gasteiger partial charge < -0.3 is 21.3 Å². The van der Waals surface area contributed by atoms with E-state index in [4.69, 9.17) is 0 Å². The number of rotatable bonds is 16. The number of thioether (sulfide) groups is 1. The minimum atomic E-state index is -0.955. The molecule has 4 N–H and O–H groups in total. The molecular formula is C28H37FN4O4S. The summed E-state index contributed by atoms with van der Waals surface area (Å²) < 4.78 is 14.1. The van der Waals surface area contributed by atoms with Gasteiger partial charge in [0, 0.05) is 18.5 Å². The highest BCUT2D eigenvalue weighted by Gasteiger charge is 2.29. The van der Waals surface area contributed by atoms with Crippen LogP contribution in [-0.4, -0.2) is 54.3 Å². The van der Waals surface area contributed by atoms with Crippen molar-refractivity contribution < 1.29 is 23.6 Å². The average Bonchev–Trinajstić information content (AvgIpc) is 2.89. The minimum absolute atomic E-state index is 0.0344. The molecule has 0 saturated heterocycles. The molecule has 38 heavy (non-hydrogen) atoms. The average molecular weight is 545 g/mol. The van der Waals surface area contributed by atoms with E-state index in [9.17, 15) is 23.6 Å². The number of carbonyl (C=O) groups excluding carboxylic acids is 4. The lowest BCUT2D eigenvalue weighted by molar-refractivity contribution is -0.133. The zero-order chi connectivity index (χ0) is 27.9. The summed E-state index contributed by atoms with van der Waals surface area (Å²) in [5.74, 6) is -1.16. The lowest BCUT2D eigenvalue weighted by atomic mass is 10.0. The summed E-state index contributed by atoms with van der Waals surface area (Å²) in [7, 11) is 0. The Hall–Kier alpha value is -3.40. The van der Waals surface area contributed by atoms with E-state index in [0.29, 0.717) is 30.6 Å². The Morgan fingerprint density at radius 1 is 0.895 bits per heavy atom. The van der Waals surface area contributed by atoms with Crippen LogP contribution < -0.4 is 21.3 Å². The number of hydrogen-bond donors (Lipinski definition) is 4. The quantitative estimate of drug-likeness (QED) is 0.243. The molecule has 2 aromatic rings. The number of hydrogen-bond acceptors (Lipinski definition) is 5. The highest BCUT2D eigenvalue weighted by molar-refractivity contribution is 7.98. The first kappa shape index (κ1) is 30.8. The summed E-state index contributed by atoms with van der Waals surface area (Å²) in [5.41, 5.74) is 1.16. The van der Waals surface area contributed by atoms with E-state index in [-0.39, 0.29) is 18.9 Å². The fraction of sp³-hybridized carbons (Fsp3) is 0.429. The van der Waals surface area contributed by atoms with Gasteiger partial charge in [0.15, 0.2) is 0 Å². The molecule has 0 aliphatic rings. The second-order valence-corrected chi connectivity index (χ2v) is 10.4. The van der Waals surface area contributed by atoms with Crippen LogP contribution in [0.4, 0.5) is 4.39 Å². The van der Waals surface area contributed by atoms with Gasteiger partial charge in [0.1, 0.15) is 23.9 Å². The molecule has 8 nitrogen and oxygen atoms in total. The zero-order valence-electron chi connectivity index (χ0n) is 22.0. The third-order valence-electron chi connectivity index (χ3n) is 5.86. The third-order valence-corrected chi connectivity index (χ3v) is 6.51.